The van der Waals surface area contributed by atoms with Gasteiger partial charge in [0, 0.05) is 13.1 Å². The van der Waals surface area contributed by atoms with Gasteiger partial charge in [-0.25, -0.2) is 4.99 Å². The van der Waals surface area contributed by atoms with Crippen molar-refractivity contribution in [1.29, 1.82) is 0 Å². The minimum absolute atomic E-state index is 0.0432. The average Bonchev–Trinajstić information content (AvgIpc) is 2.28. The van der Waals surface area contributed by atoms with Crippen molar-refractivity contribution in [2.24, 2.45) is 4.99 Å². The van der Waals surface area contributed by atoms with Crippen LogP contribution in [-0.4, -0.2) is 36.2 Å². The fraction of sp³-hybridized carbons (Fsp3) is 0.889. The van der Waals surface area contributed by atoms with Gasteiger partial charge in [-0.1, -0.05) is 0 Å². The molecule has 1 aliphatic rings. The molecule has 0 fully saturated rings. The van der Waals surface area contributed by atoms with Gasteiger partial charge >= 0.3 is 0 Å². The molecule has 0 bridgehead atoms. The van der Waals surface area contributed by atoms with Crippen LogP contribution in [0.1, 0.15) is 27.7 Å². The molecule has 0 aliphatic carbocycles. The van der Waals surface area contributed by atoms with Gasteiger partial charge in [0.1, 0.15) is 6.61 Å². The standard InChI is InChI=1S/C9H18N2O/c1-7(2)11(5)8-10-9(3,4)6-12-8/h7H,6H2,1-5H3. The number of rotatable bonds is 1. The van der Waals surface area contributed by atoms with Gasteiger partial charge in [0.05, 0.1) is 5.54 Å². The van der Waals surface area contributed by atoms with Crippen molar-refractivity contribution < 1.29 is 4.74 Å². The highest BCUT2D eigenvalue weighted by atomic mass is 16.5. The number of hydrogen-bond acceptors (Lipinski definition) is 3. The molecule has 0 spiro atoms. The summed E-state index contributed by atoms with van der Waals surface area (Å²) >= 11 is 0. The summed E-state index contributed by atoms with van der Waals surface area (Å²) in [5, 5.41) is 0. The van der Waals surface area contributed by atoms with E-state index in [2.05, 4.69) is 37.6 Å². The lowest BCUT2D eigenvalue weighted by Gasteiger charge is -2.21. The van der Waals surface area contributed by atoms with E-state index >= 15 is 0 Å². The zero-order chi connectivity index (χ0) is 9.35. The van der Waals surface area contributed by atoms with Crippen LogP contribution in [0.15, 0.2) is 4.99 Å². The highest BCUT2D eigenvalue weighted by Gasteiger charge is 2.28. The van der Waals surface area contributed by atoms with Crippen molar-refractivity contribution in [1.82, 2.24) is 4.90 Å². The first-order valence-corrected chi connectivity index (χ1v) is 4.38. The topological polar surface area (TPSA) is 24.8 Å². The van der Waals surface area contributed by atoms with Crippen LogP contribution in [0.5, 0.6) is 0 Å². The summed E-state index contributed by atoms with van der Waals surface area (Å²) in [6, 6.07) is 1.22. The smallest absolute Gasteiger partial charge is 0.288 e. The van der Waals surface area contributed by atoms with E-state index < -0.39 is 0 Å². The Morgan fingerprint density at radius 2 is 2.08 bits per heavy atom. The van der Waals surface area contributed by atoms with Crippen LogP contribution in [0.25, 0.3) is 0 Å². The number of nitrogens with zero attached hydrogens (tertiary/aromatic N) is 2. The maximum Gasteiger partial charge on any atom is 0.288 e. The molecule has 0 N–H and O–H groups in total. The van der Waals surface area contributed by atoms with E-state index in [9.17, 15) is 0 Å². The van der Waals surface area contributed by atoms with Gasteiger partial charge in [-0.05, 0) is 27.7 Å². The molecule has 0 radical (unpaired) electrons. The van der Waals surface area contributed by atoms with Crippen molar-refractivity contribution >= 4 is 6.02 Å². The van der Waals surface area contributed by atoms with E-state index in [1.54, 1.807) is 0 Å². The number of aliphatic imine (C=N–C) groups is 1. The van der Waals surface area contributed by atoms with Crippen LogP contribution >= 0.6 is 0 Å². The summed E-state index contributed by atoms with van der Waals surface area (Å²) < 4.78 is 5.47. The molecular formula is C9H18N2O. The molecule has 12 heavy (non-hydrogen) atoms. The third-order valence-electron chi connectivity index (χ3n) is 2.03. The third-order valence-corrected chi connectivity index (χ3v) is 2.03. The van der Waals surface area contributed by atoms with E-state index in [0.717, 1.165) is 6.02 Å². The van der Waals surface area contributed by atoms with Crippen LogP contribution < -0.4 is 0 Å². The first-order chi connectivity index (χ1) is 5.42. The van der Waals surface area contributed by atoms with Gasteiger partial charge in [-0.15, -0.1) is 0 Å². The lowest BCUT2D eigenvalue weighted by atomic mass is 10.1. The molecule has 0 saturated carbocycles. The van der Waals surface area contributed by atoms with Crippen molar-refractivity contribution in [2.45, 2.75) is 39.3 Å². The third kappa shape index (κ3) is 1.90. The molecule has 1 heterocycles. The van der Waals surface area contributed by atoms with Crippen molar-refractivity contribution in [3.05, 3.63) is 0 Å². The summed E-state index contributed by atoms with van der Waals surface area (Å²) in [6.45, 7) is 9.09. The fourth-order valence-electron chi connectivity index (χ4n) is 0.966. The molecular weight excluding hydrogens is 152 g/mol. The second-order valence-electron chi connectivity index (χ2n) is 4.20. The molecule has 0 saturated heterocycles. The van der Waals surface area contributed by atoms with Crippen molar-refractivity contribution in [3.8, 4) is 0 Å². The predicted molar refractivity (Wildman–Crippen MR) is 50.4 cm³/mol. The Morgan fingerprint density at radius 3 is 2.42 bits per heavy atom. The van der Waals surface area contributed by atoms with Crippen molar-refractivity contribution in [3.63, 3.8) is 0 Å². The number of ether oxygens (including phenoxy) is 1. The lowest BCUT2D eigenvalue weighted by molar-refractivity contribution is 0.231. The molecule has 3 nitrogen and oxygen atoms in total. The summed E-state index contributed by atoms with van der Waals surface area (Å²) in [5.41, 5.74) is -0.0432. The minimum atomic E-state index is -0.0432. The first kappa shape index (κ1) is 9.36. The Bertz CT molecular complexity index is 197. The van der Waals surface area contributed by atoms with Crippen LogP contribution in [0.3, 0.4) is 0 Å². The highest BCUT2D eigenvalue weighted by molar-refractivity contribution is 5.75. The molecule has 3 heteroatoms. The fourth-order valence-corrected chi connectivity index (χ4v) is 0.966. The summed E-state index contributed by atoms with van der Waals surface area (Å²) in [6.07, 6.45) is 0. The lowest BCUT2D eigenvalue weighted by Crippen LogP contribution is -2.33. The molecule has 1 rings (SSSR count). The van der Waals surface area contributed by atoms with E-state index in [1.807, 2.05) is 7.05 Å². The zero-order valence-corrected chi connectivity index (χ0v) is 8.59. The summed E-state index contributed by atoms with van der Waals surface area (Å²) in [7, 11) is 2.00. The van der Waals surface area contributed by atoms with Crippen LogP contribution in [0.4, 0.5) is 0 Å². The van der Waals surface area contributed by atoms with Crippen LogP contribution in [0.2, 0.25) is 0 Å². The average molecular weight is 170 g/mol. The molecule has 1 aliphatic heterocycles. The van der Waals surface area contributed by atoms with Gasteiger partial charge in [0.2, 0.25) is 0 Å². The van der Waals surface area contributed by atoms with E-state index in [1.165, 1.54) is 0 Å². The van der Waals surface area contributed by atoms with E-state index in [0.29, 0.717) is 12.6 Å². The predicted octanol–water partition coefficient (Wildman–Crippen LogP) is 1.49. The SMILES string of the molecule is CC(C)N(C)C1=NC(C)(C)CO1. The quantitative estimate of drug-likeness (QED) is 0.595. The molecule has 0 aromatic carbocycles. The zero-order valence-electron chi connectivity index (χ0n) is 8.59. The first-order valence-electron chi connectivity index (χ1n) is 4.38. The van der Waals surface area contributed by atoms with Gasteiger partial charge < -0.3 is 9.64 Å². The maximum atomic E-state index is 5.47. The number of hydrogen-bond donors (Lipinski definition) is 0. The number of amidine groups is 1. The molecule has 0 unspecified atom stereocenters. The monoisotopic (exact) mass is 170 g/mol. The molecule has 0 atom stereocenters. The Kier molecular flexibility index (Phi) is 2.31. The van der Waals surface area contributed by atoms with Gasteiger partial charge in [-0.2, -0.15) is 0 Å². The highest BCUT2D eigenvalue weighted by Crippen LogP contribution is 2.18. The van der Waals surface area contributed by atoms with Gasteiger partial charge in [0.25, 0.3) is 6.02 Å². The molecule has 0 aromatic rings. The molecule has 0 amide bonds. The van der Waals surface area contributed by atoms with Crippen molar-refractivity contribution in [2.75, 3.05) is 13.7 Å². The largest absolute Gasteiger partial charge is 0.463 e. The summed E-state index contributed by atoms with van der Waals surface area (Å²) in [5.74, 6) is 0. The second-order valence-corrected chi connectivity index (χ2v) is 4.20. The Morgan fingerprint density at radius 1 is 1.50 bits per heavy atom. The maximum absolute atomic E-state index is 5.47. The van der Waals surface area contributed by atoms with Gasteiger partial charge in [-0.3, -0.25) is 0 Å². The Labute approximate surface area is 74.4 Å². The normalized spacial score (nSPS) is 20.7. The molecule has 70 valence electrons. The van der Waals surface area contributed by atoms with E-state index in [-0.39, 0.29) is 5.54 Å². The Balaban J connectivity index is 2.66. The van der Waals surface area contributed by atoms with E-state index in [4.69, 9.17) is 4.74 Å². The van der Waals surface area contributed by atoms with Crippen LogP contribution in [0, 0.1) is 0 Å². The minimum Gasteiger partial charge on any atom is -0.463 e. The Hall–Kier alpha value is -0.730. The summed E-state index contributed by atoms with van der Waals surface area (Å²) in [4.78, 5) is 6.51. The molecule has 0 aromatic heterocycles. The van der Waals surface area contributed by atoms with Crippen LogP contribution in [-0.2, 0) is 4.74 Å². The second kappa shape index (κ2) is 2.96. The van der Waals surface area contributed by atoms with Gasteiger partial charge in [0.15, 0.2) is 0 Å².